The van der Waals surface area contributed by atoms with Gasteiger partial charge in [-0.3, -0.25) is 28.2 Å². The molecule has 8 rings (SSSR count). The molecule has 0 unspecified atom stereocenters. The zero-order valence-corrected chi connectivity index (χ0v) is 31.4. The quantitative estimate of drug-likeness (QED) is 0.118. The molecule has 13 nitrogen and oxygen atoms in total. The predicted octanol–water partition coefficient (Wildman–Crippen LogP) is 6.07. The molecule has 2 aliphatic carbocycles. The third-order valence-corrected chi connectivity index (χ3v) is 10.7. The molecule has 4 aromatic heterocycles. The van der Waals surface area contributed by atoms with E-state index in [4.69, 9.17) is 11.6 Å². The Labute approximate surface area is 327 Å². The van der Waals surface area contributed by atoms with Crippen molar-refractivity contribution >= 4 is 44.3 Å². The highest BCUT2D eigenvalue weighted by molar-refractivity contribution is 7.92. The highest BCUT2D eigenvalue weighted by Crippen LogP contribution is 2.68. The number of nitrogens with zero attached hydrogens (tertiary/aromatic N) is 7. The second-order valence-electron chi connectivity index (χ2n) is 13.9. The summed E-state index contributed by atoms with van der Waals surface area (Å²) in [5, 5.41) is 10.5. The number of benzene rings is 2. The van der Waals surface area contributed by atoms with Crippen molar-refractivity contribution in [3.05, 3.63) is 116 Å². The Kier molecular flexibility index (Phi) is 9.37. The molecular formula is C36H27ClF7N9O4S. The highest BCUT2D eigenvalue weighted by atomic mass is 35.5. The van der Waals surface area contributed by atoms with Crippen molar-refractivity contribution in [1.82, 2.24) is 39.4 Å². The van der Waals surface area contributed by atoms with Crippen LogP contribution in [0.15, 0.2) is 59.4 Å². The van der Waals surface area contributed by atoms with E-state index in [0.717, 1.165) is 35.1 Å². The molecule has 0 aliphatic heterocycles. The molecule has 2 aromatic carbocycles. The summed E-state index contributed by atoms with van der Waals surface area (Å²) >= 11 is 6.53. The number of aromatic nitrogens is 7. The maximum Gasteiger partial charge on any atom is 0.293 e. The van der Waals surface area contributed by atoms with Gasteiger partial charge in [-0.2, -0.15) is 23.4 Å². The van der Waals surface area contributed by atoms with Crippen LogP contribution in [0.2, 0.25) is 5.02 Å². The van der Waals surface area contributed by atoms with Crippen LogP contribution in [-0.2, 0) is 40.8 Å². The first-order valence-corrected chi connectivity index (χ1v) is 19.5. The zero-order chi connectivity index (χ0) is 41.6. The molecular weight excluding hydrogens is 823 g/mol. The molecule has 2 N–H and O–H groups in total. The van der Waals surface area contributed by atoms with Crippen molar-refractivity contribution < 1.29 is 43.9 Å². The van der Waals surface area contributed by atoms with Crippen molar-refractivity contribution in [2.75, 3.05) is 11.0 Å². The van der Waals surface area contributed by atoms with Crippen molar-refractivity contribution in [1.29, 1.82) is 0 Å². The molecule has 2 aliphatic rings. The second kappa shape index (κ2) is 13.9. The average Bonchev–Trinajstić information content (AvgIpc) is 3.66. The molecule has 0 bridgehead atoms. The zero-order valence-electron chi connectivity index (χ0n) is 29.8. The maximum absolute atomic E-state index is 15.4. The minimum atomic E-state index is -3.92. The lowest BCUT2D eigenvalue weighted by molar-refractivity contribution is -0.123. The van der Waals surface area contributed by atoms with Crippen LogP contribution >= 0.6 is 11.6 Å². The minimum Gasteiger partial charge on any atom is -0.344 e. The number of fused-ring (bicyclic) bond motifs is 4. The summed E-state index contributed by atoms with van der Waals surface area (Å²) < 4.78 is 132. The second-order valence-corrected chi connectivity index (χ2v) is 16.1. The van der Waals surface area contributed by atoms with E-state index in [9.17, 15) is 40.0 Å². The van der Waals surface area contributed by atoms with E-state index < -0.39 is 93.7 Å². The van der Waals surface area contributed by atoms with Crippen LogP contribution in [0.25, 0.3) is 28.0 Å². The summed E-state index contributed by atoms with van der Waals surface area (Å²) in [7, 11) is -2.52. The molecule has 1 amide bonds. The summed E-state index contributed by atoms with van der Waals surface area (Å²) in [6.45, 7) is -1.03. The van der Waals surface area contributed by atoms with Crippen molar-refractivity contribution in [2.45, 2.75) is 43.7 Å². The number of halogens is 8. The molecule has 0 radical (unpaired) electrons. The average molecular weight is 850 g/mol. The minimum absolute atomic E-state index is 0.00871. The number of hydrogen-bond acceptors (Lipinski definition) is 8. The molecule has 4 heterocycles. The van der Waals surface area contributed by atoms with Crippen molar-refractivity contribution in [2.24, 2.45) is 13.0 Å². The molecule has 0 saturated heterocycles. The van der Waals surface area contributed by atoms with E-state index in [0.29, 0.717) is 10.7 Å². The number of aryl methyl sites for hydroxylation is 1. The van der Waals surface area contributed by atoms with Crippen LogP contribution in [0.3, 0.4) is 0 Å². The molecule has 1 fully saturated rings. The Hall–Kier alpha value is -5.83. The van der Waals surface area contributed by atoms with Crippen LogP contribution in [0.5, 0.6) is 0 Å². The SMILES string of the molecule is Cn1nc(NS(C)(=O)=O)c2c(Cl)ccc(-n3c([C@H](Cc4cc(F)cc(F)c4)NC(=O)Cn4nc(C(F)F)c5c4C(F)(F)[C@@H]4C[C@H]54)nc(-c4cccc(F)n4)cc3=O)c21. The Morgan fingerprint density at radius 2 is 1.74 bits per heavy atom. The first-order valence-electron chi connectivity index (χ1n) is 17.2. The number of sulfonamides is 1. The number of rotatable bonds is 11. The predicted molar refractivity (Wildman–Crippen MR) is 194 cm³/mol. The molecule has 302 valence electrons. The maximum atomic E-state index is 15.4. The monoisotopic (exact) mass is 849 g/mol. The highest BCUT2D eigenvalue weighted by Gasteiger charge is 2.67. The smallest absolute Gasteiger partial charge is 0.293 e. The molecule has 58 heavy (non-hydrogen) atoms. The number of nitrogens with one attached hydrogen (secondary N) is 2. The van der Waals surface area contributed by atoms with Crippen LogP contribution in [0.1, 0.15) is 53.1 Å². The van der Waals surface area contributed by atoms with Gasteiger partial charge in [-0.05, 0) is 54.3 Å². The van der Waals surface area contributed by atoms with Crippen molar-refractivity contribution in [3.8, 4) is 17.1 Å². The normalized spacial score (nSPS) is 17.4. The van der Waals surface area contributed by atoms with Gasteiger partial charge in [-0.1, -0.05) is 17.7 Å². The Morgan fingerprint density at radius 3 is 2.41 bits per heavy atom. The van der Waals surface area contributed by atoms with Gasteiger partial charge in [0, 0.05) is 37.1 Å². The summed E-state index contributed by atoms with van der Waals surface area (Å²) in [6, 6.07) is 8.10. The lowest BCUT2D eigenvalue weighted by Gasteiger charge is -2.24. The van der Waals surface area contributed by atoms with Crippen LogP contribution < -0.4 is 15.6 Å². The van der Waals surface area contributed by atoms with Gasteiger partial charge in [-0.15, -0.1) is 0 Å². The van der Waals surface area contributed by atoms with Gasteiger partial charge in [0.2, 0.25) is 21.9 Å². The molecule has 1 saturated carbocycles. The first-order chi connectivity index (χ1) is 27.3. The van der Waals surface area contributed by atoms with Gasteiger partial charge in [0.15, 0.2) is 5.82 Å². The summed E-state index contributed by atoms with van der Waals surface area (Å²) in [5.41, 5.74) is -3.40. The number of hydrogen-bond donors (Lipinski definition) is 2. The van der Waals surface area contributed by atoms with E-state index in [1.165, 1.54) is 36.0 Å². The summed E-state index contributed by atoms with van der Waals surface area (Å²) in [4.78, 5) is 36.7. The van der Waals surface area contributed by atoms with Crippen LogP contribution in [-0.4, -0.2) is 54.7 Å². The van der Waals surface area contributed by atoms with Gasteiger partial charge in [0.05, 0.1) is 45.3 Å². The van der Waals surface area contributed by atoms with E-state index in [1.54, 1.807) is 0 Å². The van der Waals surface area contributed by atoms with Gasteiger partial charge in [0.1, 0.15) is 35.4 Å². The van der Waals surface area contributed by atoms with Crippen LogP contribution in [0, 0.1) is 23.5 Å². The number of pyridine rings is 1. The standard InChI is InChI=1S/C36H27ClF7N9O4S/c1-51-31-24(7-6-20(37)29(31)34(49-51)50-58(2,56)57)53-27(55)13-22(21-4-3-5-25(40)45-21)47-35(53)23(10-15-8-16(38)11-17(39)9-15)46-26(54)14-52-32-28(30(48-52)33(41)42)18-12-19(18)36(32,43)44/h3-9,11,13,18-19,23,33H,10,12,14H2,1-2H3,(H,46,54)(H,49,50)/t18-,19+,23-/m0/s1. The number of alkyl halides is 4. The fraction of sp³-hybridized carbons (Fsp3) is 0.278. The van der Waals surface area contributed by atoms with E-state index >= 15 is 8.78 Å². The van der Waals surface area contributed by atoms with Gasteiger partial charge < -0.3 is 5.32 Å². The van der Waals surface area contributed by atoms with E-state index in [2.05, 4.69) is 30.2 Å². The topological polar surface area (TPSA) is 159 Å². The number of carbonyl (C=O) groups excluding carboxylic acids is 1. The number of carbonyl (C=O) groups is 1. The van der Waals surface area contributed by atoms with E-state index in [-0.39, 0.29) is 62.2 Å². The largest absolute Gasteiger partial charge is 0.344 e. The molecule has 3 atom stereocenters. The van der Waals surface area contributed by atoms with Crippen molar-refractivity contribution in [3.63, 3.8) is 0 Å². The molecule has 0 spiro atoms. The summed E-state index contributed by atoms with van der Waals surface area (Å²) in [6.07, 6.45) is -2.91. The van der Waals surface area contributed by atoms with Crippen LogP contribution in [0.4, 0.5) is 36.6 Å². The Balaban J connectivity index is 1.32. The number of amides is 1. The first kappa shape index (κ1) is 39.0. The fourth-order valence-electron chi connectivity index (χ4n) is 7.57. The van der Waals surface area contributed by atoms with Gasteiger partial charge in [0.25, 0.3) is 17.9 Å². The van der Waals surface area contributed by atoms with Gasteiger partial charge >= 0.3 is 0 Å². The molecule has 6 aromatic rings. The lowest BCUT2D eigenvalue weighted by atomic mass is 10.0. The number of anilines is 1. The van der Waals surface area contributed by atoms with Gasteiger partial charge in [-0.25, -0.2) is 35.9 Å². The Bertz CT molecular complexity index is 2850. The molecule has 22 heteroatoms. The summed E-state index contributed by atoms with van der Waals surface area (Å²) in [5.74, 6) is -10.4. The third kappa shape index (κ3) is 6.94. The Morgan fingerprint density at radius 1 is 1.02 bits per heavy atom. The van der Waals surface area contributed by atoms with E-state index in [1.807, 2.05) is 0 Å². The fourth-order valence-corrected chi connectivity index (χ4v) is 8.30. The third-order valence-electron chi connectivity index (χ3n) is 9.83. The lowest BCUT2D eigenvalue weighted by Crippen LogP contribution is -2.38.